The van der Waals surface area contributed by atoms with E-state index in [4.69, 9.17) is 10.5 Å². The molecule has 3 rings (SSSR count). The summed E-state index contributed by atoms with van der Waals surface area (Å²) in [6, 6.07) is 4.57. The molecule has 1 fully saturated rings. The number of hydrogen-bond donors (Lipinski definition) is 1. The summed E-state index contributed by atoms with van der Waals surface area (Å²) in [5, 5.41) is 0. The van der Waals surface area contributed by atoms with Crippen LogP contribution in [0.15, 0.2) is 18.2 Å². The Kier molecular flexibility index (Phi) is 2.91. The molecule has 1 aromatic heterocycles. The lowest BCUT2D eigenvalue weighted by Gasteiger charge is -2.11. The molecular weight excluding hydrogens is 233 g/mol. The molecule has 0 bridgehead atoms. The van der Waals surface area contributed by atoms with E-state index in [2.05, 4.69) is 4.98 Å². The molecule has 0 aliphatic carbocycles. The third-order valence-electron chi connectivity index (χ3n) is 3.44. The molecule has 0 amide bonds. The number of aryl methyl sites for hydroxylation is 1. The van der Waals surface area contributed by atoms with Crippen molar-refractivity contribution < 1.29 is 9.13 Å². The van der Waals surface area contributed by atoms with Crippen molar-refractivity contribution in [3.63, 3.8) is 0 Å². The van der Waals surface area contributed by atoms with Crippen LogP contribution in [0.5, 0.6) is 0 Å². The summed E-state index contributed by atoms with van der Waals surface area (Å²) >= 11 is 0. The molecular formula is C13H16FN3O. The Labute approximate surface area is 105 Å². The van der Waals surface area contributed by atoms with Crippen LogP contribution in [0.2, 0.25) is 0 Å². The van der Waals surface area contributed by atoms with E-state index in [1.54, 1.807) is 6.07 Å². The predicted molar refractivity (Wildman–Crippen MR) is 67.7 cm³/mol. The molecule has 1 atom stereocenters. The van der Waals surface area contributed by atoms with Crippen LogP contribution in [0.25, 0.3) is 11.0 Å². The zero-order valence-electron chi connectivity index (χ0n) is 10.1. The Morgan fingerprint density at radius 1 is 1.50 bits per heavy atom. The highest BCUT2D eigenvalue weighted by Crippen LogP contribution is 2.22. The Morgan fingerprint density at radius 3 is 3.17 bits per heavy atom. The molecule has 5 heteroatoms. The number of aromatic nitrogens is 2. The van der Waals surface area contributed by atoms with E-state index >= 15 is 0 Å². The van der Waals surface area contributed by atoms with Gasteiger partial charge in [-0.3, -0.25) is 0 Å². The highest BCUT2D eigenvalue weighted by Gasteiger charge is 2.16. The first-order chi connectivity index (χ1) is 8.74. The first-order valence-electron chi connectivity index (χ1n) is 6.27. The Morgan fingerprint density at radius 2 is 2.39 bits per heavy atom. The summed E-state index contributed by atoms with van der Waals surface area (Å²) in [6.07, 6.45) is 3.49. The second-order valence-corrected chi connectivity index (χ2v) is 4.68. The molecule has 2 heterocycles. The normalized spacial score (nSPS) is 19.7. The van der Waals surface area contributed by atoms with E-state index in [1.807, 2.05) is 4.57 Å². The number of hydrogen-bond acceptors (Lipinski definition) is 3. The summed E-state index contributed by atoms with van der Waals surface area (Å²) in [6.45, 7) is 1.62. The summed E-state index contributed by atoms with van der Waals surface area (Å²) in [4.78, 5) is 4.18. The maximum absolute atomic E-state index is 13.1. The lowest BCUT2D eigenvalue weighted by molar-refractivity contribution is 0.101. The molecule has 96 valence electrons. The van der Waals surface area contributed by atoms with Crippen LogP contribution >= 0.6 is 0 Å². The molecule has 1 aliphatic heterocycles. The highest BCUT2D eigenvalue weighted by atomic mass is 19.1. The molecule has 0 radical (unpaired) electrons. The van der Waals surface area contributed by atoms with Crippen molar-refractivity contribution in [1.29, 1.82) is 0 Å². The maximum atomic E-state index is 13.1. The molecule has 18 heavy (non-hydrogen) atoms. The molecule has 1 unspecified atom stereocenters. The first-order valence-corrected chi connectivity index (χ1v) is 6.27. The van der Waals surface area contributed by atoms with E-state index in [-0.39, 0.29) is 5.82 Å². The fourth-order valence-electron chi connectivity index (χ4n) is 2.50. The topological polar surface area (TPSA) is 53.1 Å². The molecule has 1 aromatic carbocycles. The number of anilines is 1. The monoisotopic (exact) mass is 249 g/mol. The zero-order chi connectivity index (χ0) is 12.5. The van der Waals surface area contributed by atoms with Crippen molar-refractivity contribution in [2.75, 3.05) is 12.3 Å². The average Bonchev–Trinajstić information content (AvgIpc) is 2.93. The number of ether oxygens (including phenoxy) is 1. The van der Waals surface area contributed by atoms with Crippen LogP contribution in [0.1, 0.15) is 19.3 Å². The second-order valence-electron chi connectivity index (χ2n) is 4.68. The largest absolute Gasteiger partial charge is 0.378 e. The lowest BCUT2D eigenvalue weighted by Crippen LogP contribution is -2.11. The molecule has 1 saturated heterocycles. The molecule has 0 spiro atoms. The van der Waals surface area contributed by atoms with Gasteiger partial charge in [0.25, 0.3) is 0 Å². The molecule has 0 saturated carbocycles. The summed E-state index contributed by atoms with van der Waals surface area (Å²) in [5.74, 6) is 0.153. The van der Waals surface area contributed by atoms with Crippen LogP contribution in [0.3, 0.4) is 0 Å². The average molecular weight is 249 g/mol. The Balaban J connectivity index is 1.84. The zero-order valence-corrected chi connectivity index (χ0v) is 10.1. The third kappa shape index (κ3) is 2.06. The van der Waals surface area contributed by atoms with E-state index in [1.165, 1.54) is 12.1 Å². The van der Waals surface area contributed by atoms with Gasteiger partial charge in [-0.2, -0.15) is 0 Å². The fourth-order valence-corrected chi connectivity index (χ4v) is 2.50. The number of imidazole rings is 1. The number of fused-ring (bicyclic) bond motifs is 1. The van der Waals surface area contributed by atoms with Crippen LogP contribution in [-0.2, 0) is 11.3 Å². The Bertz CT molecular complexity index is 561. The smallest absolute Gasteiger partial charge is 0.201 e. The van der Waals surface area contributed by atoms with Crippen molar-refractivity contribution in [2.45, 2.75) is 31.9 Å². The van der Waals surface area contributed by atoms with Crippen molar-refractivity contribution >= 4 is 17.0 Å². The number of nitrogen functional groups attached to an aromatic ring is 1. The number of nitrogens with two attached hydrogens (primary N) is 1. The van der Waals surface area contributed by atoms with Gasteiger partial charge in [-0.05, 0) is 31.4 Å². The van der Waals surface area contributed by atoms with Crippen LogP contribution < -0.4 is 5.73 Å². The van der Waals surface area contributed by atoms with Gasteiger partial charge in [0.05, 0.1) is 17.1 Å². The summed E-state index contributed by atoms with van der Waals surface area (Å²) in [5.41, 5.74) is 7.37. The minimum absolute atomic E-state index is 0.286. The lowest BCUT2D eigenvalue weighted by atomic mass is 10.2. The third-order valence-corrected chi connectivity index (χ3v) is 3.44. The van der Waals surface area contributed by atoms with Crippen molar-refractivity contribution in [1.82, 2.24) is 9.55 Å². The highest BCUT2D eigenvalue weighted by molar-refractivity contribution is 5.78. The standard InChI is InChI=1S/C13H16FN3O/c14-9-3-4-12-11(8-9)16-13(15)17(12)6-5-10-2-1-7-18-10/h3-4,8,10H,1-2,5-7H2,(H2,15,16). The van der Waals surface area contributed by atoms with E-state index in [0.717, 1.165) is 37.9 Å². The van der Waals surface area contributed by atoms with Gasteiger partial charge in [-0.1, -0.05) is 0 Å². The minimum Gasteiger partial charge on any atom is -0.378 e. The number of rotatable bonds is 3. The molecule has 2 aromatic rings. The number of benzene rings is 1. The van der Waals surface area contributed by atoms with Crippen LogP contribution in [0, 0.1) is 5.82 Å². The summed E-state index contributed by atoms with van der Waals surface area (Å²) in [7, 11) is 0. The second kappa shape index (κ2) is 4.57. The number of nitrogens with zero attached hydrogens (tertiary/aromatic N) is 2. The van der Waals surface area contributed by atoms with Gasteiger partial charge < -0.3 is 15.0 Å². The van der Waals surface area contributed by atoms with E-state index in [9.17, 15) is 4.39 Å². The van der Waals surface area contributed by atoms with Crippen LogP contribution in [0.4, 0.5) is 10.3 Å². The summed E-state index contributed by atoms with van der Waals surface area (Å²) < 4.78 is 20.6. The fraction of sp³-hybridized carbons (Fsp3) is 0.462. The first kappa shape index (κ1) is 11.5. The predicted octanol–water partition coefficient (Wildman–Crippen LogP) is 2.33. The maximum Gasteiger partial charge on any atom is 0.201 e. The molecule has 1 aliphatic rings. The van der Waals surface area contributed by atoms with Gasteiger partial charge >= 0.3 is 0 Å². The van der Waals surface area contributed by atoms with Gasteiger partial charge in [0.15, 0.2) is 0 Å². The molecule has 4 nitrogen and oxygen atoms in total. The van der Waals surface area contributed by atoms with Gasteiger partial charge in [0, 0.05) is 19.2 Å². The van der Waals surface area contributed by atoms with Crippen LogP contribution in [-0.4, -0.2) is 22.3 Å². The van der Waals surface area contributed by atoms with Gasteiger partial charge in [-0.25, -0.2) is 9.37 Å². The van der Waals surface area contributed by atoms with E-state index in [0.29, 0.717) is 17.6 Å². The van der Waals surface area contributed by atoms with Gasteiger partial charge in [0.2, 0.25) is 5.95 Å². The number of halogens is 1. The minimum atomic E-state index is -0.286. The van der Waals surface area contributed by atoms with Gasteiger partial charge in [-0.15, -0.1) is 0 Å². The molecule has 2 N–H and O–H groups in total. The van der Waals surface area contributed by atoms with Crippen molar-refractivity contribution in [3.05, 3.63) is 24.0 Å². The van der Waals surface area contributed by atoms with Gasteiger partial charge in [0.1, 0.15) is 5.82 Å². The Hall–Kier alpha value is -1.62. The van der Waals surface area contributed by atoms with Crippen molar-refractivity contribution in [2.24, 2.45) is 0 Å². The quantitative estimate of drug-likeness (QED) is 0.908. The SMILES string of the molecule is Nc1nc2cc(F)ccc2n1CCC1CCCO1. The van der Waals surface area contributed by atoms with Crippen molar-refractivity contribution in [3.8, 4) is 0 Å². The van der Waals surface area contributed by atoms with E-state index < -0.39 is 0 Å².